The van der Waals surface area contributed by atoms with Crippen LogP contribution in [0.5, 0.6) is 0 Å². The summed E-state index contributed by atoms with van der Waals surface area (Å²) in [6, 6.07) is 0. The smallest absolute Gasteiger partial charge is 0.0880 e. The van der Waals surface area contributed by atoms with Crippen molar-refractivity contribution >= 4 is 0 Å². The fourth-order valence-corrected chi connectivity index (χ4v) is 3.12. The molecule has 0 saturated heterocycles. The summed E-state index contributed by atoms with van der Waals surface area (Å²) in [5.74, 6) is 1.54. The molecule has 76 valence electrons. The second kappa shape index (κ2) is 3.58. The van der Waals surface area contributed by atoms with Gasteiger partial charge < -0.3 is 10.2 Å². The molecular formula is C11H20O2. The van der Waals surface area contributed by atoms with Gasteiger partial charge in [-0.1, -0.05) is 25.7 Å². The van der Waals surface area contributed by atoms with Crippen LogP contribution in [0.1, 0.15) is 44.9 Å². The second-order valence-corrected chi connectivity index (χ2v) is 4.93. The number of aliphatic hydroxyl groups is 2. The number of fused-ring (bicyclic) bond motifs is 1. The van der Waals surface area contributed by atoms with Crippen LogP contribution in [0.3, 0.4) is 0 Å². The van der Waals surface area contributed by atoms with Crippen LogP contribution in [0.2, 0.25) is 0 Å². The van der Waals surface area contributed by atoms with E-state index in [2.05, 4.69) is 0 Å². The van der Waals surface area contributed by atoms with Crippen LogP contribution < -0.4 is 0 Å². The topological polar surface area (TPSA) is 40.5 Å². The van der Waals surface area contributed by atoms with Crippen molar-refractivity contribution in [2.24, 2.45) is 11.8 Å². The van der Waals surface area contributed by atoms with Crippen molar-refractivity contribution in [2.75, 3.05) is 6.61 Å². The summed E-state index contributed by atoms with van der Waals surface area (Å²) in [5, 5.41) is 19.1. The molecule has 2 nitrogen and oxygen atoms in total. The maximum Gasteiger partial charge on any atom is 0.0880 e. The van der Waals surface area contributed by atoms with Gasteiger partial charge in [0.05, 0.1) is 12.2 Å². The van der Waals surface area contributed by atoms with Crippen molar-refractivity contribution in [3.63, 3.8) is 0 Å². The van der Waals surface area contributed by atoms with Crippen molar-refractivity contribution in [3.05, 3.63) is 0 Å². The predicted molar refractivity (Wildman–Crippen MR) is 51.3 cm³/mol. The van der Waals surface area contributed by atoms with Crippen LogP contribution in [0, 0.1) is 11.8 Å². The van der Waals surface area contributed by atoms with E-state index < -0.39 is 5.60 Å². The molecule has 0 heterocycles. The zero-order valence-electron chi connectivity index (χ0n) is 8.21. The first-order valence-corrected chi connectivity index (χ1v) is 5.57. The van der Waals surface area contributed by atoms with Crippen LogP contribution >= 0.6 is 0 Å². The molecule has 0 radical (unpaired) electrons. The molecule has 2 aliphatic carbocycles. The van der Waals surface area contributed by atoms with E-state index in [0.717, 1.165) is 25.2 Å². The van der Waals surface area contributed by atoms with Crippen LogP contribution in [0.4, 0.5) is 0 Å². The summed E-state index contributed by atoms with van der Waals surface area (Å²) < 4.78 is 0. The van der Waals surface area contributed by atoms with Gasteiger partial charge in [-0.05, 0) is 31.1 Å². The molecule has 2 heteroatoms. The summed E-state index contributed by atoms with van der Waals surface area (Å²) in [7, 11) is 0. The molecule has 3 atom stereocenters. The van der Waals surface area contributed by atoms with Crippen molar-refractivity contribution in [2.45, 2.75) is 50.5 Å². The number of hydrogen-bond acceptors (Lipinski definition) is 2. The highest BCUT2D eigenvalue weighted by Gasteiger charge is 2.39. The molecule has 0 aliphatic heterocycles. The first kappa shape index (κ1) is 9.47. The Morgan fingerprint density at radius 1 is 1.08 bits per heavy atom. The Morgan fingerprint density at radius 3 is 2.46 bits per heavy atom. The van der Waals surface area contributed by atoms with E-state index in [0.29, 0.717) is 5.92 Å². The lowest BCUT2D eigenvalue weighted by atomic mass is 9.66. The molecule has 0 spiro atoms. The van der Waals surface area contributed by atoms with Crippen molar-refractivity contribution in [1.29, 1.82) is 0 Å². The van der Waals surface area contributed by atoms with E-state index in [1.807, 2.05) is 0 Å². The molecule has 1 unspecified atom stereocenters. The zero-order chi connectivity index (χ0) is 9.31. The highest BCUT2D eigenvalue weighted by molar-refractivity contribution is 4.91. The van der Waals surface area contributed by atoms with E-state index in [-0.39, 0.29) is 6.61 Å². The molecule has 2 rings (SSSR count). The van der Waals surface area contributed by atoms with Gasteiger partial charge >= 0.3 is 0 Å². The van der Waals surface area contributed by atoms with E-state index in [4.69, 9.17) is 5.11 Å². The maximum absolute atomic E-state index is 9.97. The fraction of sp³-hybridized carbons (Fsp3) is 1.00. The molecular weight excluding hydrogens is 164 g/mol. The zero-order valence-corrected chi connectivity index (χ0v) is 8.21. The standard InChI is InChI=1S/C11H20O2/c12-8-11(13)6-5-9-3-1-2-4-10(9)7-11/h9-10,12-13H,1-8H2/t9-,10-,11?/m1/s1. The van der Waals surface area contributed by atoms with Gasteiger partial charge in [-0.2, -0.15) is 0 Å². The number of hydrogen-bond donors (Lipinski definition) is 2. The summed E-state index contributed by atoms with van der Waals surface area (Å²) in [5.41, 5.74) is -0.738. The largest absolute Gasteiger partial charge is 0.393 e. The van der Waals surface area contributed by atoms with Gasteiger partial charge in [0.25, 0.3) is 0 Å². The third-order valence-corrected chi connectivity index (χ3v) is 3.98. The van der Waals surface area contributed by atoms with Crippen LogP contribution in [-0.4, -0.2) is 22.4 Å². The van der Waals surface area contributed by atoms with Gasteiger partial charge in [-0.25, -0.2) is 0 Å². The van der Waals surface area contributed by atoms with Gasteiger partial charge in [0.15, 0.2) is 0 Å². The second-order valence-electron chi connectivity index (χ2n) is 4.93. The first-order valence-electron chi connectivity index (χ1n) is 5.57. The summed E-state index contributed by atoms with van der Waals surface area (Å²) in [6.07, 6.45) is 8.10. The van der Waals surface area contributed by atoms with Crippen molar-refractivity contribution < 1.29 is 10.2 Å². The molecule has 0 aromatic carbocycles. The Labute approximate surface area is 80.0 Å². The number of rotatable bonds is 1. The lowest BCUT2D eigenvalue weighted by molar-refractivity contribution is -0.0782. The van der Waals surface area contributed by atoms with E-state index >= 15 is 0 Å². The molecule has 0 bridgehead atoms. The third-order valence-electron chi connectivity index (χ3n) is 3.98. The highest BCUT2D eigenvalue weighted by atomic mass is 16.3. The normalized spacial score (nSPS) is 45.7. The molecule has 2 saturated carbocycles. The van der Waals surface area contributed by atoms with Crippen molar-refractivity contribution in [3.8, 4) is 0 Å². The van der Waals surface area contributed by atoms with Gasteiger partial charge in [0.1, 0.15) is 0 Å². The Hall–Kier alpha value is -0.0800. The lowest BCUT2D eigenvalue weighted by Gasteiger charge is -2.43. The van der Waals surface area contributed by atoms with Crippen LogP contribution in [0.25, 0.3) is 0 Å². The van der Waals surface area contributed by atoms with Crippen LogP contribution in [-0.2, 0) is 0 Å². The lowest BCUT2D eigenvalue weighted by Crippen LogP contribution is -2.43. The average molecular weight is 184 g/mol. The molecule has 2 aliphatic rings. The van der Waals surface area contributed by atoms with Gasteiger partial charge in [-0.15, -0.1) is 0 Å². The van der Waals surface area contributed by atoms with Gasteiger partial charge in [-0.3, -0.25) is 0 Å². The Morgan fingerprint density at radius 2 is 1.77 bits per heavy atom. The minimum Gasteiger partial charge on any atom is -0.393 e. The number of aliphatic hydroxyl groups excluding tert-OH is 1. The summed E-state index contributed by atoms with van der Waals surface area (Å²) in [4.78, 5) is 0. The van der Waals surface area contributed by atoms with E-state index in [1.54, 1.807) is 0 Å². The molecule has 0 aromatic rings. The van der Waals surface area contributed by atoms with Gasteiger partial charge in [0.2, 0.25) is 0 Å². The first-order chi connectivity index (χ1) is 6.23. The SMILES string of the molecule is OCC1(O)CC[C@H]2CCCC[C@@H]2C1. The van der Waals surface area contributed by atoms with Crippen molar-refractivity contribution in [1.82, 2.24) is 0 Å². The Balaban J connectivity index is 1.98. The Kier molecular flexibility index (Phi) is 2.61. The molecule has 0 amide bonds. The average Bonchev–Trinajstić information content (AvgIpc) is 2.18. The highest BCUT2D eigenvalue weighted by Crippen LogP contribution is 2.43. The monoisotopic (exact) mass is 184 g/mol. The summed E-state index contributed by atoms with van der Waals surface area (Å²) in [6.45, 7) is -0.0454. The predicted octanol–water partition coefficient (Wildman–Crippen LogP) is 1.70. The van der Waals surface area contributed by atoms with E-state index in [9.17, 15) is 5.11 Å². The van der Waals surface area contributed by atoms with Crippen LogP contribution in [0.15, 0.2) is 0 Å². The quantitative estimate of drug-likeness (QED) is 0.651. The van der Waals surface area contributed by atoms with E-state index in [1.165, 1.54) is 25.7 Å². The summed E-state index contributed by atoms with van der Waals surface area (Å²) >= 11 is 0. The van der Waals surface area contributed by atoms with Gasteiger partial charge in [0, 0.05) is 0 Å². The molecule has 2 N–H and O–H groups in total. The third kappa shape index (κ3) is 1.89. The maximum atomic E-state index is 9.97. The Bertz CT molecular complexity index is 181. The minimum atomic E-state index is -0.738. The minimum absolute atomic E-state index is 0.0454. The molecule has 0 aromatic heterocycles. The molecule has 2 fully saturated rings. The molecule has 13 heavy (non-hydrogen) atoms. The fourth-order valence-electron chi connectivity index (χ4n) is 3.12.